The molecule has 3 nitrogen and oxygen atoms in total. The lowest BCUT2D eigenvalue weighted by Crippen LogP contribution is -2.20. The highest BCUT2D eigenvalue weighted by Gasteiger charge is 2.21. The zero-order valence-electron chi connectivity index (χ0n) is 12.2. The molecule has 1 heterocycles. The lowest BCUT2D eigenvalue weighted by atomic mass is 10.1. The molecular formula is C18H19NO2. The number of anilines is 1. The van der Waals surface area contributed by atoms with Crippen LogP contribution in [0.25, 0.3) is 0 Å². The van der Waals surface area contributed by atoms with E-state index in [0.717, 1.165) is 31.5 Å². The minimum atomic E-state index is -0.874. The topological polar surface area (TPSA) is 40.5 Å². The Labute approximate surface area is 124 Å². The van der Waals surface area contributed by atoms with Crippen molar-refractivity contribution in [2.45, 2.75) is 26.3 Å². The highest BCUT2D eigenvalue weighted by atomic mass is 16.4. The van der Waals surface area contributed by atoms with Crippen molar-refractivity contribution in [2.75, 3.05) is 11.4 Å². The molecule has 0 radical (unpaired) electrons. The van der Waals surface area contributed by atoms with Crippen molar-refractivity contribution in [2.24, 2.45) is 0 Å². The van der Waals surface area contributed by atoms with Crippen LogP contribution in [0.4, 0.5) is 5.69 Å². The Morgan fingerprint density at radius 3 is 2.62 bits per heavy atom. The smallest absolute Gasteiger partial charge is 0.335 e. The number of hydrogen-bond donors (Lipinski definition) is 1. The molecule has 0 unspecified atom stereocenters. The van der Waals surface area contributed by atoms with Gasteiger partial charge in [0.2, 0.25) is 0 Å². The number of rotatable bonds is 4. The van der Waals surface area contributed by atoms with Crippen LogP contribution in [0, 0.1) is 0 Å². The number of aromatic carboxylic acids is 1. The van der Waals surface area contributed by atoms with Gasteiger partial charge in [-0.25, -0.2) is 4.79 Å². The van der Waals surface area contributed by atoms with Crippen molar-refractivity contribution < 1.29 is 9.90 Å². The molecule has 1 aliphatic rings. The van der Waals surface area contributed by atoms with Gasteiger partial charge >= 0.3 is 5.97 Å². The zero-order valence-corrected chi connectivity index (χ0v) is 12.2. The molecule has 0 fully saturated rings. The Kier molecular flexibility index (Phi) is 3.65. The third-order valence-corrected chi connectivity index (χ3v) is 4.13. The summed E-state index contributed by atoms with van der Waals surface area (Å²) in [5.41, 5.74) is 5.69. The summed E-state index contributed by atoms with van der Waals surface area (Å²) in [7, 11) is 0. The predicted octanol–water partition coefficient (Wildman–Crippen LogP) is 3.51. The number of carboxylic acids is 1. The molecule has 1 aliphatic heterocycles. The van der Waals surface area contributed by atoms with Gasteiger partial charge in [-0.1, -0.05) is 37.3 Å². The van der Waals surface area contributed by atoms with Gasteiger partial charge < -0.3 is 10.0 Å². The van der Waals surface area contributed by atoms with E-state index in [-0.39, 0.29) is 0 Å². The number of nitrogens with zero attached hydrogens (tertiary/aromatic N) is 1. The van der Waals surface area contributed by atoms with E-state index in [4.69, 9.17) is 5.11 Å². The fourth-order valence-electron chi connectivity index (χ4n) is 3.04. The summed E-state index contributed by atoms with van der Waals surface area (Å²) >= 11 is 0. The van der Waals surface area contributed by atoms with E-state index in [2.05, 4.69) is 30.0 Å². The maximum Gasteiger partial charge on any atom is 0.335 e. The molecule has 3 rings (SSSR count). The van der Waals surface area contributed by atoms with Crippen molar-refractivity contribution in [3.05, 3.63) is 64.7 Å². The van der Waals surface area contributed by atoms with E-state index in [0.29, 0.717) is 5.56 Å². The molecule has 0 spiro atoms. The largest absolute Gasteiger partial charge is 0.478 e. The number of carbonyl (C=O) groups is 1. The van der Waals surface area contributed by atoms with Gasteiger partial charge in [-0.2, -0.15) is 0 Å². The molecule has 1 N–H and O–H groups in total. The van der Waals surface area contributed by atoms with Crippen LogP contribution in [0.2, 0.25) is 0 Å². The van der Waals surface area contributed by atoms with Crippen molar-refractivity contribution in [3.8, 4) is 0 Å². The zero-order chi connectivity index (χ0) is 14.8. The SMILES string of the molecule is CCc1cccc2c1N(Cc1ccc(C(=O)O)cc1)CC2. The molecule has 0 aliphatic carbocycles. The monoisotopic (exact) mass is 281 g/mol. The normalized spacial score (nSPS) is 13.3. The summed E-state index contributed by atoms with van der Waals surface area (Å²) in [5, 5.41) is 8.95. The van der Waals surface area contributed by atoms with Gasteiger partial charge in [-0.15, -0.1) is 0 Å². The maximum atomic E-state index is 10.9. The summed E-state index contributed by atoms with van der Waals surface area (Å²) in [4.78, 5) is 13.3. The van der Waals surface area contributed by atoms with E-state index < -0.39 is 5.97 Å². The Bertz CT molecular complexity index is 661. The molecule has 2 aromatic carbocycles. The van der Waals surface area contributed by atoms with Crippen LogP contribution in [-0.4, -0.2) is 17.6 Å². The summed E-state index contributed by atoms with van der Waals surface area (Å²) in [6.07, 6.45) is 2.13. The molecule has 0 aromatic heterocycles. The molecule has 21 heavy (non-hydrogen) atoms. The first-order valence-corrected chi connectivity index (χ1v) is 7.37. The number of carboxylic acid groups (broad SMARTS) is 1. The van der Waals surface area contributed by atoms with Gasteiger partial charge in [0.05, 0.1) is 5.56 Å². The fraction of sp³-hybridized carbons (Fsp3) is 0.278. The first-order chi connectivity index (χ1) is 10.2. The molecule has 0 saturated heterocycles. The number of aryl methyl sites for hydroxylation is 1. The third kappa shape index (κ3) is 2.64. The van der Waals surface area contributed by atoms with Crippen LogP contribution in [0.5, 0.6) is 0 Å². The van der Waals surface area contributed by atoms with Gasteiger partial charge in [0, 0.05) is 18.8 Å². The van der Waals surface area contributed by atoms with Gasteiger partial charge in [-0.05, 0) is 41.7 Å². The predicted molar refractivity (Wildman–Crippen MR) is 84.0 cm³/mol. The minimum Gasteiger partial charge on any atom is -0.478 e. The number of para-hydroxylation sites is 1. The molecule has 2 aromatic rings. The second-order valence-electron chi connectivity index (χ2n) is 5.45. The van der Waals surface area contributed by atoms with Crippen LogP contribution in [0.15, 0.2) is 42.5 Å². The molecule has 0 amide bonds. The van der Waals surface area contributed by atoms with Crippen molar-refractivity contribution in [3.63, 3.8) is 0 Å². The number of fused-ring (bicyclic) bond motifs is 1. The Morgan fingerprint density at radius 1 is 1.19 bits per heavy atom. The molecule has 0 bridgehead atoms. The molecule has 0 saturated carbocycles. The summed E-state index contributed by atoms with van der Waals surface area (Å²) < 4.78 is 0. The van der Waals surface area contributed by atoms with Gasteiger partial charge in [0.1, 0.15) is 0 Å². The highest BCUT2D eigenvalue weighted by Crippen LogP contribution is 2.33. The van der Waals surface area contributed by atoms with Gasteiger partial charge in [0.15, 0.2) is 0 Å². The van der Waals surface area contributed by atoms with E-state index in [1.807, 2.05) is 12.1 Å². The second-order valence-corrected chi connectivity index (χ2v) is 5.45. The van der Waals surface area contributed by atoms with Crippen LogP contribution < -0.4 is 4.90 Å². The summed E-state index contributed by atoms with van der Waals surface area (Å²) in [5.74, 6) is -0.874. The first kappa shape index (κ1) is 13.7. The van der Waals surface area contributed by atoms with E-state index in [1.165, 1.54) is 16.8 Å². The average molecular weight is 281 g/mol. The highest BCUT2D eigenvalue weighted by molar-refractivity contribution is 5.87. The molecule has 0 atom stereocenters. The Balaban J connectivity index is 1.83. The van der Waals surface area contributed by atoms with Gasteiger partial charge in [-0.3, -0.25) is 0 Å². The standard InChI is InChI=1S/C18H19NO2/c1-2-14-4-3-5-15-10-11-19(17(14)15)12-13-6-8-16(9-7-13)18(20)21/h3-9H,2,10-12H2,1H3,(H,20,21). The van der Waals surface area contributed by atoms with E-state index in [1.54, 1.807) is 12.1 Å². The van der Waals surface area contributed by atoms with Crippen LogP contribution in [-0.2, 0) is 19.4 Å². The third-order valence-electron chi connectivity index (χ3n) is 4.13. The summed E-state index contributed by atoms with van der Waals surface area (Å²) in [6, 6.07) is 13.7. The van der Waals surface area contributed by atoms with Crippen molar-refractivity contribution in [1.29, 1.82) is 0 Å². The average Bonchev–Trinajstić information content (AvgIpc) is 2.91. The van der Waals surface area contributed by atoms with E-state index in [9.17, 15) is 4.79 Å². The second kappa shape index (κ2) is 5.60. The van der Waals surface area contributed by atoms with Gasteiger partial charge in [0.25, 0.3) is 0 Å². The quantitative estimate of drug-likeness (QED) is 0.932. The lowest BCUT2D eigenvalue weighted by molar-refractivity contribution is 0.0697. The number of benzene rings is 2. The Morgan fingerprint density at radius 2 is 1.95 bits per heavy atom. The fourth-order valence-corrected chi connectivity index (χ4v) is 3.04. The van der Waals surface area contributed by atoms with Crippen molar-refractivity contribution >= 4 is 11.7 Å². The molecule has 3 heteroatoms. The van der Waals surface area contributed by atoms with Crippen molar-refractivity contribution in [1.82, 2.24) is 0 Å². The maximum absolute atomic E-state index is 10.9. The Hall–Kier alpha value is -2.29. The van der Waals surface area contributed by atoms with E-state index >= 15 is 0 Å². The number of hydrogen-bond acceptors (Lipinski definition) is 2. The van der Waals surface area contributed by atoms with Crippen LogP contribution in [0.1, 0.15) is 34.0 Å². The van der Waals surface area contributed by atoms with Crippen LogP contribution in [0.3, 0.4) is 0 Å². The summed E-state index contributed by atoms with van der Waals surface area (Å²) in [6.45, 7) is 4.06. The van der Waals surface area contributed by atoms with Crippen LogP contribution >= 0.6 is 0 Å². The lowest BCUT2D eigenvalue weighted by Gasteiger charge is -2.22. The molecule has 108 valence electrons. The molecular weight excluding hydrogens is 262 g/mol. The minimum absolute atomic E-state index is 0.342. The first-order valence-electron chi connectivity index (χ1n) is 7.37.